The highest BCUT2D eigenvalue weighted by molar-refractivity contribution is 7.98. The second kappa shape index (κ2) is 6.97. The molecular weight excluding hydrogens is 214 g/mol. The summed E-state index contributed by atoms with van der Waals surface area (Å²) in [5, 5.41) is 0. The van der Waals surface area contributed by atoms with Crippen LogP contribution >= 0.6 is 11.8 Å². The van der Waals surface area contributed by atoms with Gasteiger partial charge in [0.15, 0.2) is 0 Å². The Morgan fingerprint density at radius 2 is 1.88 bits per heavy atom. The maximum Gasteiger partial charge on any atom is 0.0306 e. The van der Waals surface area contributed by atoms with Gasteiger partial charge in [-0.25, -0.2) is 0 Å². The smallest absolute Gasteiger partial charge is 0.0306 e. The summed E-state index contributed by atoms with van der Waals surface area (Å²) in [6, 6.07) is 8.67. The van der Waals surface area contributed by atoms with Crippen molar-refractivity contribution in [1.82, 2.24) is 0 Å². The fourth-order valence-corrected chi connectivity index (χ4v) is 2.54. The van der Waals surface area contributed by atoms with E-state index in [0.717, 1.165) is 12.3 Å². The quantitative estimate of drug-likeness (QED) is 0.749. The zero-order valence-electron chi connectivity index (χ0n) is 10.6. The van der Waals surface area contributed by atoms with Crippen LogP contribution in [0, 0.1) is 5.92 Å². The average Bonchev–Trinajstić information content (AvgIpc) is 2.28. The number of hydrogen-bond acceptors (Lipinski definition) is 2. The van der Waals surface area contributed by atoms with E-state index in [4.69, 9.17) is 5.73 Å². The van der Waals surface area contributed by atoms with Gasteiger partial charge in [0.1, 0.15) is 0 Å². The zero-order chi connectivity index (χ0) is 12.0. The van der Waals surface area contributed by atoms with Gasteiger partial charge in [0.2, 0.25) is 0 Å². The lowest BCUT2D eigenvalue weighted by molar-refractivity contribution is 0.503. The predicted molar refractivity (Wildman–Crippen MR) is 73.8 cm³/mol. The lowest BCUT2D eigenvalue weighted by Gasteiger charge is -2.15. The van der Waals surface area contributed by atoms with Crippen molar-refractivity contribution in [2.75, 3.05) is 6.26 Å². The van der Waals surface area contributed by atoms with Crippen molar-refractivity contribution in [3.8, 4) is 0 Å². The van der Waals surface area contributed by atoms with E-state index in [1.165, 1.54) is 23.3 Å². The summed E-state index contributed by atoms with van der Waals surface area (Å²) < 4.78 is 0. The first-order chi connectivity index (χ1) is 7.65. The van der Waals surface area contributed by atoms with Gasteiger partial charge >= 0.3 is 0 Å². The predicted octanol–water partition coefficient (Wildman–Crippen LogP) is 4.23. The minimum Gasteiger partial charge on any atom is -0.324 e. The van der Waals surface area contributed by atoms with Crippen molar-refractivity contribution in [2.24, 2.45) is 11.7 Å². The highest BCUT2D eigenvalue weighted by Gasteiger charge is 2.09. The Labute approximate surface area is 104 Å². The fourth-order valence-electron chi connectivity index (χ4n) is 1.87. The second-order valence-corrected chi connectivity index (χ2v) is 5.52. The molecule has 0 aliphatic heterocycles. The Kier molecular flexibility index (Phi) is 5.93. The third-order valence-electron chi connectivity index (χ3n) is 2.83. The van der Waals surface area contributed by atoms with Crippen molar-refractivity contribution in [1.29, 1.82) is 0 Å². The molecule has 0 aromatic heterocycles. The molecule has 0 bridgehead atoms. The molecular formula is C14H23NS. The van der Waals surface area contributed by atoms with Gasteiger partial charge in [-0.15, -0.1) is 11.8 Å². The largest absolute Gasteiger partial charge is 0.324 e. The molecule has 1 nitrogen and oxygen atoms in total. The summed E-state index contributed by atoms with van der Waals surface area (Å²) in [5.74, 6) is 0.781. The van der Waals surface area contributed by atoms with Crippen LogP contribution in [-0.2, 0) is 0 Å². The van der Waals surface area contributed by atoms with Crippen LogP contribution in [0.1, 0.15) is 44.7 Å². The van der Waals surface area contributed by atoms with Crippen LogP contribution in [0.2, 0.25) is 0 Å². The Morgan fingerprint density at radius 3 is 2.50 bits per heavy atom. The standard InChI is InChI=1S/C14H23NS/c1-11(2)7-6-9-13(15)12-8-4-5-10-14(12)16-3/h4-5,8,10-11,13H,6-7,9,15H2,1-3H3. The van der Waals surface area contributed by atoms with E-state index in [2.05, 4.69) is 44.4 Å². The van der Waals surface area contributed by atoms with E-state index < -0.39 is 0 Å². The molecule has 0 amide bonds. The van der Waals surface area contributed by atoms with Gasteiger partial charge in [-0.05, 0) is 30.2 Å². The van der Waals surface area contributed by atoms with Crippen LogP contribution in [0.25, 0.3) is 0 Å². The molecule has 1 rings (SSSR count). The van der Waals surface area contributed by atoms with Gasteiger partial charge in [0, 0.05) is 10.9 Å². The molecule has 0 radical (unpaired) electrons. The van der Waals surface area contributed by atoms with E-state index in [1.54, 1.807) is 11.8 Å². The molecule has 16 heavy (non-hydrogen) atoms. The maximum atomic E-state index is 6.24. The van der Waals surface area contributed by atoms with Gasteiger partial charge in [0.25, 0.3) is 0 Å². The summed E-state index contributed by atoms with van der Waals surface area (Å²) in [6.07, 6.45) is 5.70. The molecule has 1 aromatic rings. The van der Waals surface area contributed by atoms with Crippen LogP contribution in [0.5, 0.6) is 0 Å². The normalized spacial score (nSPS) is 13.1. The van der Waals surface area contributed by atoms with Gasteiger partial charge in [-0.2, -0.15) is 0 Å². The van der Waals surface area contributed by atoms with Crippen molar-refractivity contribution < 1.29 is 0 Å². The third-order valence-corrected chi connectivity index (χ3v) is 3.65. The number of rotatable bonds is 6. The minimum atomic E-state index is 0.197. The molecule has 2 heteroatoms. The first kappa shape index (κ1) is 13.6. The molecule has 2 N–H and O–H groups in total. The van der Waals surface area contributed by atoms with Crippen LogP contribution in [0.15, 0.2) is 29.2 Å². The molecule has 0 fully saturated rings. The highest BCUT2D eigenvalue weighted by atomic mass is 32.2. The molecule has 0 aliphatic carbocycles. The Morgan fingerprint density at radius 1 is 1.19 bits per heavy atom. The SMILES string of the molecule is CSc1ccccc1C(N)CCCC(C)C. The molecule has 0 heterocycles. The summed E-state index contributed by atoms with van der Waals surface area (Å²) in [4.78, 5) is 1.32. The second-order valence-electron chi connectivity index (χ2n) is 4.67. The van der Waals surface area contributed by atoms with Gasteiger partial charge in [0.05, 0.1) is 0 Å². The number of nitrogens with two attached hydrogens (primary N) is 1. The molecule has 0 saturated heterocycles. The highest BCUT2D eigenvalue weighted by Crippen LogP contribution is 2.27. The number of benzene rings is 1. The van der Waals surface area contributed by atoms with Crippen molar-refractivity contribution >= 4 is 11.8 Å². The van der Waals surface area contributed by atoms with Crippen molar-refractivity contribution in [2.45, 2.75) is 44.0 Å². The number of hydrogen-bond donors (Lipinski definition) is 1. The van der Waals surface area contributed by atoms with Crippen LogP contribution in [0.3, 0.4) is 0 Å². The summed E-state index contributed by atoms with van der Waals surface area (Å²) in [7, 11) is 0. The lowest BCUT2D eigenvalue weighted by Crippen LogP contribution is -2.11. The van der Waals surface area contributed by atoms with Crippen LogP contribution in [-0.4, -0.2) is 6.26 Å². The Bertz CT molecular complexity index is 309. The molecule has 1 aromatic carbocycles. The summed E-state index contributed by atoms with van der Waals surface area (Å²) in [6.45, 7) is 4.53. The first-order valence-corrected chi connectivity index (χ1v) is 7.26. The molecule has 90 valence electrons. The third kappa shape index (κ3) is 4.18. The lowest BCUT2D eigenvalue weighted by atomic mass is 9.99. The molecule has 0 aliphatic rings. The summed E-state index contributed by atoms with van der Waals surface area (Å²) >= 11 is 1.78. The Hall–Kier alpha value is -0.470. The molecule has 0 saturated carbocycles. The molecule has 1 unspecified atom stereocenters. The molecule has 1 atom stereocenters. The molecule has 0 spiro atoms. The van der Waals surface area contributed by atoms with Gasteiger partial charge in [-0.1, -0.05) is 44.9 Å². The topological polar surface area (TPSA) is 26.0 Å². The first-order valence-electron chi connectivity index (χ1n) is 6.03. The van der Waals surface area contributed by atoms with E-state index in [0.29, 0.717) is 0 Å². The van der Waals surface area contributed by atoms with Crippen LogP contribution < -0.4 is 5.73 Å². The van der Waals surface area contributed by atoms with E-state index in [1.807, 2.05) is 0 Å². The fraction of sp³-hybridized carbons (Fsp3) is 0.571. The van der Waals surface area contributed by atoms with Crippen molar-refractivity contribution in [3.05, 3.63) is 29.8 Å². The maximum absolute atomic E-state index is 6.24. The summed E-state index contributed by atoms with van der Waals surface area (Å²) in [5.41, 5.74) is 7.55. The average molecular weight is 237 g/mol. The van der Waals surface area contributed by atoms with E-state index in [9.17, 15) is 0 Å². The van der Waals surface area contributed by atoms with E-state index >= 15 is 0 Å². The number of thioether (sulfide) groups is 1. The van der Waals surface area contributed by atoms with Crippen molar-refractivity contribution in [3.63, 3.8) is 0 Å². The minimum absolute atomic E-state index is 0.197. The Balaban J connectivity index is 2.55. The van der Waals surface area contributed by atoms with Gasteiger partial charge in [-0.3, -0.25) is 0 Å². The van der Waals surface area contributed by atoms with Gasteiger partial charge < -0.3 is 5.73 Å². The zero-order valence-corrected chi connectivity index (χ0v) is 11.4. The van der Waals surface area contributed by atoms with E-state index in [-0.39, 0.29) is 6.04 Å². The van der Waals surface area contributed by atoms with Crippen LogP contribution in [0.4, 0.5) is 0 Å². The monoisotopic (exact) mass is 237 g/mol.